The van der Waals surface area contributed by atoms with Crippen molar-refractivity contribution in [3.05, 3.63) is 53.9 Å². The molecule has 110 valence electrons. The van der Waals surface area contributed by atoms with Crippen molar-refractivity contribution < 1.29 is 18.8 Å². The molecule has 0 aliphatic rings. The minimum atomic E-state index is -0.977. The zero-order valence-electron chi connectivity index (χ0n) is 11.8. The van der Waals surface area contributed by atoms with E-state index in [-0.39, 0.29) is 12.2 Å². The smallest absolute Gasteiger partial charge is 0.317 e. The molecule has 0 aliphatic heterocycles. The second-order valence-electron chi connectivity index (χ2n) is 4.76. The van der Waals surface area contributed by atoms with E-state index >= 15 is 0 Å². The van der Waals surface area contributed by atoms with Gasteiger partial charge in [-0.2, -0.15) is 0 Å². The van der Waals surface area contributed by atoms with Crippen molar-refractivity contribution >= 4 is 11.9 Å². The molecular formula is C15H16N2O4. The number of rotatable bonds is 5. The molecule has 1 N–H and O–H groups in total. The minimum Gasteiger partial charge on any atom is -0.468 e. The van der Waals surface area contributed by atoms with E-state index in [1.165, 1.54) is 19.4 Å². The minimum absolute atomic E-state index is 0.0926. The second-order valence-corrected chi connectivity index (χ2v) is 4.76. The Kier molecular flexibility index (Phi) is 4.37. The molecule has 0 aliphatic carbocycles. The number of benzene rings is 1. The van der Waals surface area contributed by atoms with Crippen molar-refractivity contribution in [2.24, 2.45) is 0 Å². The molecule has 0 spiro atoms. The maximum absolute atomic E-state index is 12.1. The van der Waals surface area contributed by atoms with Crippen LogP contribution in [-0.2, 0) is 14.9 Å². The molecule has 0 radical (unpaired) electrons. The fourth-order valence-electron chi connectivity index (χ4n) is 2.00. The Bertz CT molecular complexity index is 610. The number of hydrogen-bond donors (Lipinski definition) is 1. The summed E-state index contributed by atoms with van der Waals surface area (Å²) in [5.74, 6) is -0.830. The molecule has 0 bridgehead atoms. The molecule has 6 heteroatoms. The third-order valence-corrected chi connectivity index (χ3v) is 3.32. The van der Waals surface area contributed by atoms with Crippen LogP contribution >= 0.6 is 0 Å². The van der Waals surface area contributed by atoms with Crippen LogP contribution in [0.1, 0.15) is 23.0 Å². The van der Waals surface area contributed by atoms with Crippen LogP contribution in [0.2, 0.25) is 0 Å². The number of nitrogens with one attached hydrogen (secondary N) is 1. The monoisotopic (exact) mass is 288 g/mol. The van der Waals surface area contributed by atoms with E-state index in [0.29, 0.717) is 0 Å². The number of hydrogen-bond acceptors (Lipinski definition) is 5. The lowest BCUT2D eigenvalue weighted by Gasteiger charge is -2.27. The number of aromatic nitrogens is 1. The molecule has 1 heterocycles. The highest BCUT2D eigenvalue weighted by molar-refractivity contribution is 5.93. The van der Waals surface area contributed by atoms with Crippen LogP contribution in [0, 0.1) is 0 Å². The highest BCUT2D eigenvalue weighted by Gasteiger charge is 2.37. The molecule has 0 unspecified atom stereocenters. The van der Waals surface area contributed by atoms with E-state index in [1.807, 2.05) is 30.3 Å². The summed E-state index contributed by atoms with van der Waals surface area (Å²) in [5, 5.41) is 6.23. The number of methoxy groups -OCH3 is 1. The molecule has 6 nitrogen and oxygen atoms in total. The lowest BCUT2D eigenvalue weighted by atomic mass is 9.82. The number of carbonyl (C=O) groups excluding carboxylic acids is 2. The number of amides is 1. The molecule has 2 aromatic rings. The van der Waals surface area contributed by atoms with Crippen LogP contribution in [0.4, 0.5) is 0 Å². The second kappa shape index (κ2) is 6.21. The van der Waals surface area contributed by atoms with E-state index in [1.54, 1.807) is 6.92 Å². The van der Waals surface area contributed by atoms with E-state index in [0.717, 1.165) is 5.56 Å². The number of esters is 1. The van der Waals surface area contributed by atoms with Gasteiger partial charge in [0.05, 0.1) is 7.11 Å². The first-order chi connectivity index (χ1) is 10.1. The molecule has 1 atom stereocenters. The summed E-state index contributed by atoms with van der Waals surface area (Å²) in [4.78, 5) is 24.0. The summed E-state index contributed by atoms with van der Waals surface area (Å²) >= 11 is 0. The average Bonchev–Trinajstić information content (AvgIpc) is 3.06. The lowest BCUT2D eigenvalue weighted by Crippen LogP contribution is -2.45. The third-order valence-electron chi connectivity index (χ3n) is 3.32. The Hall–Kier alpha value is -2.63. The molecule has 0 saturated heterocycles. The summed E-state index contributed by atoms with van der Waals surface area (Å²) in [5.41, 5.74) is -0.0531. The predicted octanol–water partition coefficient (Wildman–Crippen LogP) is 1.54. The van der Waals surface area contributed by atoms with E-state index in [9.17, 15) is 9.59 Å². The summed E-state index contributed by atoms with van der Waals surface area (Å²) in [6, 6.07) is 10.6. The van der Waals surface area contributed by atoms with Gasteiger partial charge in [-0.05, 0) is 12.5 Å². The van der Waals surface area contributed by atoms with Crippen molar-refractivity contribution in [1.29, 1.82) is 0 Å². The average molecular weight is 288 g/mol. The normalized spacial score (nSPS) is 13.2. The fourth-order valence-corrected chi connectivity index (χ4v) is 2.00. The Morgan fingerprint density at radius 3 is 2.57 bits per heavy atom. The van der Waals surface area contributed by atoms with Crippen LogP contribution in [0.5, 0.6) is 0 Å². The van der Waals surface area contributed by atoms with Gasteiger partial charge in [-0.3, -0.25) is 9.59 Å². The molecule has 2 rings (SSSR count). The van der Waals surface area contributed by atoms with Gasteiger partial charge in [0.1, 0.15) is 11.7 Å². The molecule has 0 saturated carbocycles. The summed E-state index contributed by atoms with van der Waals surface area (Å²) in [6.45, 7) is 1.81. The van der Waals surface area contributed by atoms with Crippen LogP contribution < -0.4 is 5.32 Å². The molecule has 1 amide bonds. The maximum atomic E-state index is 12.1. The first-order valence-corrected chi connectivity index (χ1v) is 6.40. The SMILES string of the molecule is COC(=O)[C@](C)(CNC(=O)c1ccon1)c1ccccc1. The standard InChI is InChI=1S/C15H16N2O4/c1-15(14(19)20-2,11-6-4-3-5-7-11)10-16-13(18)12-8-9-21-17-12/h3-9H,10H2,1-2H3,(H,16,18)/t15-/m1/s1. The van der Waals surface area contributed by atoms with Gasteiger partial charge in [-0.1, -0.05) is 35.5 Å². The van der Waals surface area contributed by atoms with Gasteiger partial charge < -0.3 is 14.6 Å². The topological polar surface area (TPSA) is 81.4 Å². The van der Waals surface area contributed by atoms with Crippen molar-refractivity contribution in [2.75, 3.05) is 13.7 Å². The van der Waals surface area contributed by atoms with Crippen LogP contribution in [0.15, 0.2) is 47.2 Å². The van der Waals surface area contributed by atoms with Gasteiger partial charge in [0.2, 0.25) is 0 Å². The molecule has 0 fully saturated rings. The first-order valence-electron chi connectivity index (χ1n) is 6.40. The van der Waals surface area contributed by atoms with Crippen molar-refractivity contribution in [3.63, 3.8) is 0 Å². The van der Waals surface area contributed by atoms with Gasteiger partial charge in [-0.25, -0.2) is 0 Å². The van der Waals surface area contributed by atoms with E-state index in [2.05, 4.69) is 15.0 Å². The molecule has 1 aromatic heterocycles. The molecule has 1 aromatic carbocycles. The summed E-state index contributed by atoms with van der Waals surface area (Å²) < 4.78 is 9.49. The third kappa shape index (κ3) is 3.10. The quantitative estimate of drug-likeness (QED) is 0.844. The van der Waals surface area contributed by atoms with Crippen LogP contribution in [-0.4, -0.2) is 30.7 Å². The van der Waals surface area contributed by atoms with Crippen LogP contribution in [0.3, 0.4) is 0 Å². The number of ether oxygens (including phenoxy) is 1. The Labute approximate surface area is 122 Å². The Balaban J connectivity index is 2.18. The van der Waals surface area contributed by atoms with Gasteiger partial charge in [0.15, 0.2) is 5.69 Å². The Morgan fingerprint density at radius 1 is 1.29 bits per heavy atom. The maximum Gasteiger partial charge on any atom is 0.317 e. The van der Waals surface area contributed by atoms with Crippen molar-refractivity contribution in [2.45, 2.75) is 12.3 Å². The van der Waals surface area contributed by atoms with Gasteiger partial charge in [0, 0.05) is 12.6 Å². The van der Waals surface area contributed by atoms with E-state index in [4.69, 9.17) is 4.74 Å². The molecular weight excluding hydrogens is 272 g/mol. The highest BCUT2D eigenvalue weighted by atomic mass is 16.5. The lowest BCUT2D eigenvalue weighted by molar-refractivity contribution is -0.146. The van der Waals surface area contributed by atoms with Crippen molar-refractivity contribution in [3.8, 4) is 0 Å². The predicted molar refractivity (Wildman–Crippen MR) is 74.6 cm³/mol. The van der Waals surface area contributed by atoms with Gasteiger partial charge >= 0.3 is 5.97 Å². The zero-order chi connectivity index (χ0) is 15.3. The number of nitrogens with zero attached hydrogens (tertiary/aromatic N) is 1. The Morgan fingerprint density at radius 2 is 2.00 bits per heavy atom. The highest BCUT2D eigenvalue weighted by Crippen LogP contribution is 2.24. The first kappa shape index (κ1) is 14.8. The van der Waals surface area contributed by atoms with Crippen LogP contribution in [0.25, 0.3) is 0 Å². The number of carbonyl (C=O) groups is 2. The van der Waals surface area contributed by atoms with Crippen molar-refractivity contribution in [1.82, 2.24) is 10.5 Å². The van der Waals surface area contributed by atoms with Gasteiger partial charge in [-0.15, -0.1) is 0 Å². The van der Waals surface area contributed by atoms with E-state index < -0.39 is 17.3 Å². The molecule has 21 heavy (non-hydrogen) atoms. The largest absolute Gasteiger partial charge is 0.468 e. The zero-order valence-corrected chi connectivity index (χ0v) is 11.8. The fraction of sp³-hybridized carbons (Fsp3) is 0.267. The summed E-state index contributed by atoms with van der Waals surface area (Å²) in [6.07, 6.45) is 1.31. The summed E-state index contributed by atoms with van der Waals surface area (Å²) in [7, 11) is 1.32. The van der Waals surface area contributed by atoms with Gasteiger partial charge in [0.25, 0.3) is 5.91 Å².